The first kappa shape index (κ1) is 14.6. The van der Waals surface area contributed by atoms with Gasteiger partial charge in [0.1, 0.15) is 5.75 Å². The molecule has 0 aliphatic carbocycles. The minimum atomic E-state index is -0.0293. The van der Waals surface area contributed by atoms with Crippen molar-refractivity contribution in [2.45, 2.75) is 31.8 Å². The fourth-order valence-electron chi connectivity index (χ4n) is 2.31. The van der Waals surface area contributed by atoms with Gasteiger partial charge in [0.05, 0.1) is 12.8 Å². The minimum absolute atomic E-state index is 0.0293. The van der Waals surface area contributed by atoms with Crippen LogP contribution >= 0.6 is 11.6 Å². The highest BCUT2D eigenvalue weighted by molar-refractivity contribution is 6.18. The Labute approximate surface area is 119 Å². The minimum Gasteiger partial charge on any atom is -0.497 e. The van der Waals surface area contributed by atoms with Crippen LogP contribution in [0.5, 0.6) is 5.75 Å². The molecule has 1 aromatic rings. The average molecular weight is 285 g/mol. The van der Waals surface area contributed by atoms with Gasteiger partial charge in [-0.3, -0.25) is 4.98 Å². The lowest BCUT2D eigenvalue weighted by molar-refractivity contribution is 0.0457. The van der Waals surface area contributed by atoms with Crippen molar-refractivity contribution in [1.82, 2.24) is 10.3 Å². The van der Waals surface area contributed by atoms with E-state index in [2.05, 4.69) is 10.3 Å². The van der Waals surface area contributed by atoms with E-state index in [1.807, 2.05) is 19.1 Å². The third-order valence-corrected chi connectivity index (χ3v) is 4.08. The molecule has 19 heavy (non-hydrogen) atoms. The van der Waals surface area contributed by atoms with E-state index in [0.717, 1.165) is 43.2 Å². The zero-order valence-electron chi connectivity index (χ0n) is 11.5. The number of alkyl halides is 1. The van der Waals surface area contributed by atoms with Crippen molar-refractivity contribution in [2.24, 2.45) is 0 Å². The average Bonchev–Trinajstić information content (AvgIpc) is 2.45. The maximum atomic E-state index is 6.13. The summed E-state index contributed by atoms with van der Waals surface area (Å²) in [5.41, 5.74) is 1.91. The molecule has 1 aliphatic rings. The second kappa shape index (κ2) is 6.55. The predicted molar refractivity (Wildman–Crippen MR) is 75.9 cm³/mol. The summed E-state index contributed by atoms with van der Waals surface area (Å²) in [4.78, 5) is 4.51. The van der Waals surface area contributed by atoms with Crippen LogP contribution in [0.25, 0.3) is 0 Å². The normalized spacial score (nSPS) is 18.3. The number of pyridine rings is 1. The number of hydrogen-bond acceptors (Lipinski definition) is 4. The number of methoxy groups -OCH3 is 1. The van der Waals surface area contributed by atoms with Crippen LogP contribution in [0.1, 0.15) is 24.2 Å². The van der Waals surface area contributed by atoms with Gasteiger partial charge in [-0.25, -0.2) is 0 Å². The van der Waals surface area contributed by atoms with Gasteiger partial charge in [0.25, 0.3) is 0 Å². The SMILES string of the molecule is COc1cc(C)nc(CNC2(CCl)CCOCC2)c1. The summed E-state index contributed by atoms with van der Waals surface area (Å²) in [6, 6.07) is 3.89. The van der Waals surface area contributed by atoms with E-state index in [-0.39, 0.29) is 5.54 Å². The molecule has 1 aromatic heterocycles. The van der Waals surface area contributed by atoms with Crippen molar-refractivity contribution in [3.05, 3.63) is 23.5 Å². The topological polar surface area (TPSA) is 43.4 Å². The third kappa shape index (κ3) is 3.81. The van der Waals surface area contributed by atoms with E-state index in [0.29, 0.717) is 12.4 Å². The highest BCUT2D eigenvalue weighted by Crippen LogP contribution is 2.23. The maximum absolute atomic E-state index is 6.13. The molecule has 5 heteroatoms. The fraction of sp³-hybridized carbons (Fsp3) is 0.643. The second-order valence-corrected chi connectivity index (χ2v) is 5.29. The second-order valence-electron chi connectivity index (χ2n) is 5.02. The summed E-state index contributed by atoms with van der Waals surface area (Å²) in [5.74, 6) is 1.44. The molecule has 2 rings (SSSR count). The molecule has 0 spiro atoms. The lowest BCUT2D eigenvalue weighted by atomic mass is 9.92. The highest BCUT2D eigenvalue weighted by Gasteiger charge is 2.31. The number of halogens is 1. The summed E-state index contributed by atoms with van der Waals surface area (Å²) < 4.78 is 10.7. The number of hydrogen-bond donors (Lipinski definition) is 1. The van der Waals surface area contributed by atoms with Gasteiger partial charge >= 0.3 is 0 Å². The first-order valence-electron chi connectivity index (χ1n) is 6.58. The number of rotatable bonds is 5. The van der Waals surface area contributed by atoms with Crippen molar-refractivity contribution in [1.29, 1.82) is 0 Å². The molecule has 1 saturated heterocycles. The number of nitrogens with one attached hydrogen (secondary N) is 1. The highest BCUT2D eigenvalue weighted by atomic mass is 35.5. The molecule has 0 saturated carbocycles. The first-order chi connectivity index (χ1) is 9.17. The predicted octanol–water partition coefficient (Wildman–Crippen LogP) is 2.28. The van der Waals surface area contributed by atoms with E-state index in [1.54, 1.807) is 7.11 Å². The quantitative estimate of drug-likeness (QED) is 0.843. The molecule has 106 valence electrons. The van der Waals surface area contributed by atoms with Gasteiger partial charge in [-0.05, 0) is 19.8 Å². The Balaban J connectivity index is 2.02. The summed E-state index contributed by atoms with van der Waals surface area (Å²) in [6.07, 6.45) is 1.89. The molecule has 0 bridgehead atoms. The first-order valence-corrected chi connectivity index (χ1v) is 7.11. The summed E-state index contributed by atoms with van der Waals surface area (Å²) in [6.45, 7) is 4.21. The van der Waals surface area contributed by atoms with Gasteiger partial charge in [-0.2, -0.15) is 0 Å². The summed E-state index contributed by atoms with van der Waals surface area (Å²) in [7, 11) is 1.67. The monoisotopic (exact) mass is 284 g/mol. The van der Waals surface area contributed by atoms with Crippen LogP contribution in [0, 0.1) is 6.92 Å². The van der Waals surface area contributed by atoms with Crippen LogP contribution in [0.3, 0.4) is 0 Å². The van der Waals surface area contributed by atoms with Crippen molar-refractivity contribution in [3.63, 3.8) is 0 Å². The van der Waals surface area contributed by atoms with Crippen LogP contribution in [0.4, 0.5) is 0 Å². The summed E-state index contributed by atoms with van der Waals surface area (Å²) >= 11 is 6.13. The van der Waals surface area contributed by atoms with Crippen molar-refractivity contribution in [2.75, 3.05) is 26.2 Å². The molecule has 1 aliphatic heterocycles. The van der Waals surface area contributed by atoms with Gasteiger partial charge in [-0.1, -0.05) is 0 Å². The lowest BCUT2D eigenvalue weighted by Crippen LogP contribution is -2.50. The third-order valence-electron chi connectivity index (χ3n) is 3.57. The smallest absolute Gasteiger partial charge is 0.122 e. The Morgan fingerprint density at radius 1 is 1.42 bits per heavy atom. The number of ether oxygens (including phenoxy) is 2. The molecule has 1 N–H and O–H groups in total. The molecule has 1 fully saturated rings. The van der Waals surface area contributed by atoms with Crippen molar-refractivity contribution < 1.29 is 9.47 Å². The van der Waals surface area contributed by atoms with Gasteiger partial charge in [0.15, 0.2) is 0 Å². The van der Waals surface area contributed by atoms with E-state index in [4.69, 9.17) is 21.1 Å². The van der Waals surface area contributed by atoms with Crippen LogP contribution in [-0.4, -0.2) is 36.7 Å². The maximum Gasteiger partial charge on any atom is 0.122 e. The Morgan fingerprint density at radius 3 is 2.79 bits per heavy atom. The molecule has 0 amide bonds. The van der Waals surface area contributed by atoms with Gasteiger partial charge in [-0.15, -0.1) is 11.6 Å². The molecule has 0 aromatic carbocycles. The number of aromatic nitrogens is 1. The van der Waals surface area contributed by atoms with E-state index in [1.165, 1.54) is 0 Å². The van der Waals surface area contributed by atoms with Crippen molar-refractivity contribution in [3.8, 4) is 5.75 Å². The van der Waals surface area contributed by atoms with Crippen molar-refractivity contribution >= 4 is 11.6 Å². The number of aryl methyl sites for hydroxylation is 1. The zero-order chi connectivity index (χ0) is 13.7. The Morgan fingerprint density at radius 2 is 2.16 bits per heavy atom. The van der Waals surface area contributed by atoms with Gasteiger partial charge in [0.2, 0.25) is 0 Å². The van der Waals surface area contributed by atoms with E-state index < -0.39 is 0 Å². The van der Waals surface area contributed by atoms with Crippen LogP contribution in [0.15, 0.2) is 12.1 Å². The van der Waals surface area contributed by atoms with Crippen LogP contribution in [0.2, 0.25) is 0 Å². The largest absolute Gasteiger partial charge is 0.497 e. The Kier molecular flexibility index (Phi) is 5.02. The molecule has 2 heterocycles. The fourth-order valence-corrected chi connectivity index (χ4v) is 2.67. The molecule has 4 nitrogen and oxygen atoms in total. The standard InChI is InChI=1S/C14H21ClN2O2/c1-11-7-13(18-2)8-12(17-11)9-16-14(10-15)3-5-19-6-4-14/h7-8,16H,3-6,9-10H2,1-2H3. The summed E-state index contributed by atoms with van der Waals surface area (Å²) in [5, 5.41) is 3.55. The van der Waals surface area contributed by atoms with Crippen LogP contribution in [-0.2, 0) is 11.3 Å². The molecule has 0 radical (unpaired) electrons. The molecule has 0 unspecified atom stereocenters. The van der Waals surface area contributed by atoms with Crippen LogP contribution < -0.4 is 10.1 Å². The van der Waals surface area contributed by atoms with E-state index >= 15 is 0 Å². The lowest BCUT2D eigenvalue weighted by Gasteiger charge is -2.36. The number of nitrogens with zero attached hydrogens (tertiary/aromatic N) is 1. The van der Waals surface area contributed by atoms with Gasteiger partial charge in [0, 0.05) is 49.0 Å². The molecular formula is C14H21ClN2O2. The van der Waals surface area contributed by atoms with Gasteiger partial charge < -0.3 is 14.8 Å². The molecule has 0 atom stereocenters. The Bertz CT molecular complexity index is 420. The molecular weight excluding hydrogens is 264 g/mol. The zero-order valence-corrected chi connectivity index (χ0v) is 12.3. The Hall–Kier alpha value is -0.840. The van der Waals surface area contributed by atoms with E-state index in [9.17, 15) is 0 Å².